The molecule has 0 saturated carbocycles. The van der Waals surface area contributed by atoms with Crippen LogP contribution < -0.4 is 5.32 Å². The Morgan fingerprint density at radius 1 is 0.955 bits per heavy atom. The quantitative estimate of drug-likeness (QED) is 0.357. The fourth-order valence-electron chi connectivity index (χ4n) is 5.85. The van der Waals surface area contributed by atoms with Gasteiger partial charge in [-0.3, -0.25) is 19.1 Å². The van der Waals surface area contributed by atoms with Crippen molar-refractivity contribution in [2.24, 2.45) is 0 Å². The van der Waals surface area contributed by atoms with Gasteiger partial charge in [-0.15, -0.1) is 0 Å². The van der Waals surface area contributed by atoms with Crippen molar-refractivity contribution in [1.82, 2.24) is 34.2 Å². The number of likely N-dealkylation sites (tertiary alicyclic amines) is 1. The minimum atomic E-state index is -0.567. The molecule has 2 saturated heterocycles. The van der Waals surface area contributed by atoms with Gasteiger partial charge in [0.1, 0.15) is 17.1 Å². The number of rotatable bonds is 5. The van der Waals surface area contributed by atoms with Crippen LogP contribution >= 0.6 is 0 Å². The summed E-state index contributed by atoms with van der Waals surface area (Å²) in [6.45, 7) is 6.49. The average Bonchev–Trinajstić information content (AvgIpc) is 3.50. The number of nitrogens with one attached hydrogen (secondary N) is 1. The lowest BCUT2D eigenvalue weighted by atomic mass is 10.1. The van der Waals surface area contributed by atoms with E-state index in [0.717, 1.165) is 23.9 Å². The predicted molar refractivity (Wildman–Crippen MR) is 165 cm³/mol. The van der Waals surface area contributed by atoms with Gasteiger partial charge >= 0.3 is 6.09 Å². The molecule has 228 valence electrons. The maximum Gasteiger partial charge on any atom is 0.410 e. The first-order chi connectivity index (χ1) is 21.0. The molecule has 2 fully saturated rings. The highest BCUT2D eigenvalue weighted by atomic mass is 16.6. The molecular weight excluding hydrogens is 560 g/mol. The molecule has 2 bridgehead atoms. The van der Waals surface area contributed by atoms with Crippen LogP contribution in [0.3, 0.4) is 0 Å². The maximum atomic E-state index is 13.4. The van der Waals surface area contributed by atoms with Crippen LogP contribution in [-0.2, 0) is 4.74 Å². The summed E-state index contributed by atoms with van der Waals surface area (Å²) in [6, 6.07) is 14.7. The SMILES string of the molecule is CN(C)C(=O)c1cc2cnc(Nc3ccc(C(=O)N4CC5CCC(C4)N5C(=O)OC(C)(C)C)cn3)nc2n1-c1ccccc1. The largest absolute Gasteiger partial charge is 0.444 e. The van der Waals surface area contributed by atoms with Crippen molar-refractivity contribution in [2.75, 3.05) is 32.5 Å². The molecule has 0 radical (unpaired) electrons. The van der Waals surface area contributed by atoms with Gasteiger partial charge in [0, 0.05) is 50.7 Å². The number of para-hydroxylation sites is 1. The summed E-state index contributed by atoms with van der Waals surface area (Å²) in [4.78, 5) is 57.9. The second-order valence-electron chi connectivity index (χ2n) is 12.4. The lowest BCUT2D eigenvalue weighted by Crippen LogP contribution is -2.57. The first-order valence-electron chi connectivity index (χ1n) is 14.7. The Labute approximate surface area is 255 Å². The first kappa shape index (κ1) is 29.1. The monoisotopic (exact) mass is 596 g/mol. The van der Waals surface area contributed by atoms with Gasteiger partial charge in [0.2, 0.25) is 5.95 Å². The smallest absolute Gasteiger partial charge is 0.410 e. The normalized spacial score (nSPS) is 17.9. The number of ether oxygens (including phenoxy) is 1. The number of carbonyl (C=O) groups excluding carboxylic acids is 3. The summed E-state index contributed by atoms with van der Waals surface area (Å²) in [7, 11) is 3.42. The number of fused-ring (bicyclic) bond motifs is 3. The third-order valence-corrected chi connectivity index (χ3v) is 7.80. The van der Waals surface area contributed by atoms with Gasteiger partial charge in [-0.05, 0) is 63.9 Å². The van der Waals surface area contributed by atoms with Crippen molar-refractivity contribution in [2.45, 2.75) is 51.3 Å². The molecule has 5 heterocycles. The average molecular weight is 597 g/mol. The molecular formula is C32H36N8O4. The summed E-state index contributed by atoms with van der Waals surface area (Å²) in [6.07, 6.45) is 4.58. The van der Waals surface area contributed by atoms with Gasteiger partial charge in [0.25, 0.3) is 11.8 Å². The van der Waals surface area contributed by atoms with Gasteiger partial charge < -0.3 is 19.9 Å². The molecule has 4 aromatic rings. The highest BCUT2D eigenvalue weighted by Gasteiger charge is 2.45. The summed E-state index contributed by atoms with van der Waals surface area (Å²) < 4.78 is 7.43. The number of amides is 3. The Bertz CT molecular complexity index is 1700. The molecule has 2 atom stereocenters. The van der Waals surface area contributed by atoms with E-state index in [-0.39, 0.29) is 30.0 Å². The van der Waals surface area contributed by atoms with Gasteiger partial charge in [-0.2, -0.15) is 4.98 Å². The van der Waals surface area contributed by atoms with Crippen molar-refractivity contribution in [3.63, 3.8) is 0 Å². The summed E-state index contributed by atoms with van der Waals surface area (Å²) in [5.41, 5.74) is 1.75. The fourth-order valence-corrected chi connectivity index (χ4v) is 5.85. The molecule has 3 amide bonds. The van der Waals surface area contributed by atoms with Crippen molar-refractivity contribution in [1.29, 1.82) is 0 Å². The van der Waals surface area contributed by atoms with Crippen LogP contribution in [0, 0.1) is 0 Å². The molecule has 2 unspecified atom stereocenters. The molecule has 0 aliphatic carbocycles. The molecule has 2 aliphatic rings. The Morgan fingerprint density at radius 3 is 2.27 bits per heavy atom. The molecule has 44 heavy (non-hydrogen) atoms. The van der Waals surface area contributed by atoms with E-state index in [2.05, 4.69) is 15.3 Å². The van der Waals surface area contributed by atoms with E-state index in [4.69, 9.17) is 9.72 Å². The minimum absolute atomic E-state index is 0.0584. The van der Waals surface area contributed by atoms with Crippen LogP contribution in [0.25, 0.3) is 16.7 Å². The lowest BCUT2D eigenvalue weighted by molar-refractivity contribution is -0.00336. The van der Waals surface area contributed by atoms with Gasteiger partial charge in [0.05, 0.1) is 17.6 Å². The Morgan fingerprint density at radius 2 is 1.66 bits per heavy atom. The van der Waals surface area contributed by atoms with Crippen LogP contribution in [0.1, 0.15) is 54.5 Å². The van der Waals surface area contributed by atoms with Crippen LogP contribution in [0.5, 0.6) is 0 Å². The molecule has 12 nitrogen and oxygen atoms in total. The molecule has 1 aromatic carbocycles. The number of pyridine rings is 1. The first-order valence-corrected chi connectivity index (χ1v) is 14.7. The summed E-state index contributed by atoms with van der Waals surface area (Å²) in [5.74, 6) is 0.500. The number of nitrogens with zero attached hydrogens (tertiary/aromatic N) is 7. The van der Waals surface area contributed by atoms with E-state index in [9.17, 15) is 14.4 Å². The molecule has 0 spiro atoms. The number of benzene rings is 1. The second kappa shape index (κ2) is 11.3. The van der Waals surface area contributed by atoms with Gasteiger partial charge in [0.15, 0.2) is 5.65 Å². The lowest BCUT2D eigenvalue weighted by Gasteiger charge is -2.41. The standard InChI is InChI=1S/C32H36N8O4/c1-32(2,3)44-31(43)39-23-12-13-24(39)19-38(18-23)28(41)20-11-14-26(33-16-20)35-30-34-17-21-15-25(29(42)37(4)5)40(27(21)36-30)22-9-7-6-8-10-22/h6-11,14-17,23-24H,12-13,18-19H2,1-5H3,(H,33,34,35,36). The van der Waals surface area contributed by atoms with Crippen LogP contribution in [0.15, 0.2) is 60.9 Å². The number of anilines is 2. The van der Waals surface area contributed by atoms with Crippen LogP contribution in [-0.4, -0.2) is 97.0 Å². The van der Waals surface area contributed by atoms with Crippen molar-refractivity contribution in [3.8, 4) is 5.69 Å². The third kappa shape index (κ3) is 5.67. The maximum absolute atomic E-state index is 13.4. The predicted octanol–water partition coefficient (Wildman–Crippen LogP) is 4.48. The molecule has 12 heteroatoms. The molecule has 3 aromatic heterocycles. The summed E-state index contributed by atoms with van der Waals surface area (Å²) >= 11 is 0. The topological polar surface area (TPSA) is 126 Å². The van der Waals surface area contributed by atoms with E-state index >= 15 is 0 Å². The highest BCUT2D eigenvalue weighted by molar-refractivity contribution is 5.99. The zero-order valence-corrected chi connectivity index (χ0v) is 25.5. The number of aromatic nitrogens is 4. The van der Waals surface area contributed by atoms with Crippen LogP contribution in [0.4, 0.5) is 16.6 Å². The minimum Gasteiger partial charge on any atom is -0.444 e. The number of carbonyl (C=O) groups is 3. The fraction of sp³-hybridized carbons (Fsp3) is 0.375. The van der Waals surface area contributed by atoms with E-state index in [1.54, 1.807) is 43.4 Å². The van der Waals surface area contributed by atoms with Crippen molar-refractivity contribution < 1.29 is 19.1 Å². The zero-order valence-electron chi connectivity index (χ0n) is 25.5. The number of piperazine rings is 1. The van der Waals surface area contributed by atoms with Crippen LogP contribution in [0.2, 0.25) is 0 Å². The van der Waals surface area contributed by atoms with E-state index in [1.807, 2.05) is 60.6 Å². The zero-order chi connectivity index (χ0) is 31.2. The Balaban J connectivity index is 1.18. The molecule has 1 N–H and O–H groups in total. The van der Waals surface area contributed by atoms with E-state index in [0.29, 0.717) is 41.8 Å². The van der Waals surface area contributed by atoms with E-state index in [1.165, 1.54) is 11.1 Å². The van der Waals surface area contributed by atoms with Crippen molar-refractivity contribution >= 4 is 40.7 Å². The third-order valence-electron chi connectivity index (χ3n) is 7.80. The van der Waals surface area contributed by atoms with Gasteiger partial charge in [-0.25, -0.2) is 14.8 Å². The van der Waals surface area contributed by atoms with Crippen molar-refractivity contribution in [3.05, 3.63) is 72.2 Å². The van der Waals surface area contributed by atoms with Gasteiger partial charge in [-0.1, -0.05) is 18.2 Å². The molecule has 6 rings (SSSR count). The number of hydrogen-bond donors (Lipinski definition) is 1. The number of hydrogen-bond acceptors (Lipinski definition) is 8. The Hall–Kier alpha value is -5.00. The molecule has 2 aliphatic heterocycles. The second-order valence-corrected chi connectivity index (χ2v) is 12.4. The highest BCUT2D eigenvalue weighted by Crippen LogP contribution is 2.32. The Kier molecular flexibility index (Phi) is 7.44. The van der Waals surface area contributed by atoms with E-state index < -0.39 is 5.60 Å². The summed E-state index contributed by atoms with van der Waals surface area (Å²) in [5, 5.41) is 3.84.